The number of pyridine rings is 1. The zero-order chi connectivity index (χ0) is 19.6. The van der Waals surface area contributed by atoms with E-state index < -0.39 is 4.92 Å². The van der Waals surface area contributed by atoms with Crippen molar-refractivity contribution in [2.75, 3.05) is 25.4 Å². The second kappa shape index (κ2) is 7.48. The molecule has 27 heavy (non-hydrogen) atoms. The number of ether oxygens (including phenoxy) is 2. The highest BCUT2D eigenvalue weighted by atomic mass is 16.7. The van der Waals surface area contributed by atoms with Gasteiger partial charge in [0.25, 0.3) is 5.69 Å². The lowest BCUT2D eigenvalue weighted by molar-refractivity contribution is -0.384. The Hall–Kier alpha value is -3.37. The monoisotopic (exact) mass is 370 g/mol. The molecule has 0 aliphatic carbocycles. The Morgan fingerprint density at radius 3 is 2.48 bits per heavy atom. The van der Waals surface area contributed by atoms with E-state index in [1.54, 1.807) is 12.1 Å². The molecule has 0 bridgehead atoms. The van der Waals surface area contributed by atoms with Crippen LogP contribution in [0.1, 0.15) is 11.1 Å². The van der Waals surface area contributed by atoms with Crippen molar-refractivity contribution in [2.24, 2.45) is 0 Å². The molecule has 10 nitrogen and oxygen atoms in total. The molecular formula is C17H18N6O4. The van der Waals surface area contributed by atoms with Crippen LogP contribution in [0.3, 0.4) is 0 Å². The normalized spacial score (nSPS) is 11.0. The lowest BCUT2D eigenvalue weighted by Gasteiger charge is -2.15. The molecule has 0 spiro atoms. The molecule has 3 aromatic rings. The number of hydrogen-bond donors (Lipinski definition) is 2. The summed E-state index contributed by atoms with van der Waals surface area (Å²) in [5.41, 5.74) is 14.8. The first kappa shape index (κ1) is 18.4. The van der Waals surface area contributed by atoms with Gasteiger partial charge >= 0.3 is 0 Å². The van der Waals surface area contributed by atoms with Gasteiger partial charge in [-0.2, -0.15) is 9.97 Å². The van der Waals surface area contributed by atoms with Crippen molar-refractivity contribution in [1.82, 2.24) is 15.0 Å². The van der Waals surface area contributed by atoms with Crippen LogP contribution >= 0.6 is 0 Å². The minimum absolute atomic E-state index is 0.00995. The van der Waals surface area contributed by atoms with Crippen molar-refractivity contribution in [3.63, 3.8) is 0 Å². The maximum absolute atomic E-state index is 10.9. The Morgan fingerprint density at radius 1 is 1.15 bits per heavy atom. The largest absolute Gasteiger partial charge is 0.383 e. The molecule has 0 saturated carbocycles. The third kappa shape index (κ3) is 3.61. The lowest BCUT2D eigenvalue weighted by Crippen LogP contribution is -2.08. The van der Waals surface area contributed by atoms with Crippen molar-refractivity contribution in [2.45, 2.75) is 13.5 Å². The van der Waals surface area contributed by atoms with E-state index in [9.17, 15) is 10.1 Å². The fourth-order valence-electron chi connectivity index (χ4n) is 2.81. The van der Waals surface area contributed by atoms with E-state index in [1.165, 1.54) is 19.2 Å². The number of benzene rings is 1. The number of fused-ring (bicyclic) bond motifs is 1. The number of nitrogens with zero attached hydrogens (tertiary/aromatic N) is 4. The number of methoxy groups -OCH3 is 1. The molecule has 3 rings (SSSR count). The Balaban J connectivity index is 2.21. The number of aryl methyl sites for hydroxylation is 1. The molecule has 140 valence electrons. The van der Waals surface area contributed by atoms with E-state index in [1.807, 2.05) is 6.92 Å². The van der Waals surface area contributed by atoms with Gasteiger partial charge in [-0.1, -0.05) is 0 Å². The SMILES string of the molecule is COCOCc1c(-c2ccc([N+](=O)[O-])cc2)nc2nc(N)nc(N)c2c1C. The van der Waals surface area contributed by atoms with E-state index >= 15 is 0 Å². The standard InChI is InChI=1S/C17H18N6O4/c1-9-12(7-27-8-26-2)14(10-3-5-11(6-4-10)23(24)25)20-16-13(9)15(18)21-17(19)22-16/h3-6H,7-8H2,1-2H3,(H4,18,19,20,21,22). The Kier molecular flexibility index (Phi) is 5.10. The number of non-ortho nitro benzene ring substituents is 1. The summed E-state index contributed by atoms with van der Waals surface area (Å²) in [6.45, 7) is 2.17. The molecule has 0 aliphatic heterocycles. The molecule has 1 aromatic carbocycles. The zero-order valence-electron chi connectivity index (χ0n) is 14.8. The van der Waals surface area contributed by atoms with Crippen LogP contribution in [0.15, 0.2) is 24.3 Å². The molecule has 0 fully saturated rings. The molecule has 2 aromatic heterocycles. The van der Waals surface area contributed by atoms with Gasteiger partial charge in [-0.15, -0.1) is 0 Å². The van der Waals surface area contributed by atoms with Crippen molar-refractivity contribution < 1.29 is 14.4 Å². The quantitative estimate of drug-likeness (QED) is 0.288. The van der Waals surface area contributed by atoms with Crippen LogP contribution in [-0.2, 0) is 16.1 Å². The topological polar surface area (TPSA) is 152 Å². The summed E-state index contributed by atoms with van der Waals surface area (Å²) < 4.78 is 10.4. The fourth-order valence-corrected chi connectivity index (χ4v) is 2.81. The Morgan fingerprint density at radius 2 is 1.85 bits per heavy atom. The van der Waals surface area contributed by atoms with E-state index in [4.69, 9.17) is 20.9 Å². The van der Waals surface area contributed by atoms with Crippen LogP contribution in [0.5, 0.6) is 0 Å². The molecular weight excluding hydrogens is 352 g/mol. The van der Waals surface area contributed by atoms with Crippen molar-refractivity contribution in [3.8, 4) is 11.3 Å². The second-order valence-corrected chi connectivity index (χ2v) is 5.79. The number of nitro groups is 1. The highest BCUT2D eigenvalue weighted by Gasteiger charge is 2.18. The molecule has 0 saturated heterocycles. The first-order chi connectivity index (χ1) is 12.9. The molecule has 0 unspecified atom stereocenters. The second-order valence-electron chi connectivity index (χ2n) is 5.79. The predicted molar refractivity (Wildman–Crippen MR) is 99.7 cm³/mol. The summed E-state index contributed by atoms with van der Waals surface area (Å²) in [5, 5.41) is 11.5. The summed E-state index contributed by atoms with van der Waals surface area (Å²) in [7, 11) is 1.53. The smallest absolute Gasteiger partial charge is 0.269 e. The van der Waals surface area contributed by atoms with Crippen LogP contribution in [-0.4, -0.2) is 33.8 Å². The van der Waals surface area contributed by atoms with Gasteiger partial charge < -0.3 is 20.9 Å². The van der Waals surface area contributed by atoms with E-state index in [0.717, 1.165) is 11.1 Å². The van der Waals surface area contributed by atoms with Gasteiger partial charge in [-0.3, -0.25) is 10.1 Å². The highest BCUT2D eigenvalue weighted by Crippen LogP contribution is 2.32. The van der Waals surface area contributed by atoms with Gasteiger partial charge in [0.15, 0.2) is 5.65 Å². The van der Waals surface area contributed by atoms with Crippen molar-refractivity contribution in [3.05, 3.63) is 45.5 Å². The Bertz CT molecular complexity index is 1010. The third-order valence-electron chi connectivity index (χ3n) is 4.07. The summed E-state index contributed by atoms with van der Waals surface area (Å²) >= 11 is 0. The van der Waals surface area contributed by atoms with Crippen LogP contribution in [0.25, 0.3) is 22.3 Å². The summed E-state index contributed by atoms with van der Waals surface area (Å²) in [6.07, 6.45) is 0. The Labute approximate surface area is 154 Å². The van der Waals surface area contributed by atoms with Gasteiger partial charge in [-0.25, -0.2) is 4.98 Å². The molecule has 0 atom stereocenters. The molecule has 2 heterocycles. The number of nitro benzene ring substituents is 1. The summed E-state index contributed by atoms with van der Waals surface area (Å²) in [6, 6.07) is 6.08. The number of rotatable bonds is 6. The molecule has 0 amide bonds. The maximum Gasteiger partial charge on any atom is 0.269 e. The molecule has 4 N–H and O–H groups in total. The number of nitrogens with two attached hydrogens (primary N) is 2. The van der Waals surface area contributed by atoms with Crippen LogP contribution in [0.4, 0.5) is 17.5 Å². The molecule has 10 heteroatoms. The first-order valence-corrected chi connectivity index (χ1v) is 7.96. The number of aromatic nitrogens is 3. The van der Waals surface area contributed by atoms with Crippen LogP contribution < -0.4 is 11.5 Å². The fraction of sp³-hybridized carbons (Fsp3) is 0.235. The average molecular weight is 370 g/mol. The van der Waals surface area contributed by atoms with E-state index in [2.05, 4.69) is 15.0 Å². The maximum atomic E-state index is 10.9. The van der Waals surface area contributed by atoms with Crippen LogP contribution in [0, 0.1) is 17.0 Å². The molecule has 0 aliphatic rings. The van der Waals surface area contributed by atoms with Gasteiger partial charge in [0.1, 0.15) is 12.6 Å². The van der Waals surface area contributed by atoms with Gasteiger partial charge in [-0.05, 0) is 24.6 Å². The summed E-state index contributed by atoms with van der Waals surface area (Å²) in [4.78, 5) is 23.2. The van der Waals surface area contributed by atoms with Gasteiger partial charge in [0.2, 0.25) is 5.95 Å². The summed E-state index contributed by atoms with van der Waals surface area (Å²) in [5.74, 6) is 0.246. The average Bonchev–Trinajstić information content (AvgIpc) is 2.62. The van der Waals surface area contributed by atoms with Crippen molar-refractivity contribution >= 4 is 28.5 Å². The van der Waals surface area contributed by atoms with E-state index in [0.29, 0.717) is 22.3 Å². The van der Waals surface area contributed by atoms with Crippen molar-refractivity contribution in [1.29, 1.82) is 0 Å². The number of hydrogen-bond acceptors (Lipinski definition) is 9. The van der Waals surface area contributed by atoms with Gasteiger partial charge in [0.05, 0.1) is 22.6 Å². The third-order valence-corrected chi connectivity index (χ3v) is 4.07. The van der Waals surface area contributed by atoms with E-state index in [-0.39, 0.29) is 30.9 Å². The number of nitrogen functional groups attached to an aromatic ring is 2. The van der Waals surface area contributed by atoms with Crippen LogP contribution in [0.2, 0.25) is 0 Å². The lowest BCUT2D eigenvalue weighted by atomic mass is 9.99. The predicted octanol–water partition coefficient (Wildman–Crippen LogP) is 2.19. The first-order valence-electron chi connectivity index (χ1n) is 7.96. The van der Waals surface area contributed by atoms with Gasteiger partial charge in [0, 0.05) is 30.4 Å². The minimum atomic E-state index is -0.458. The minimum Gasteiger partial charge on any atom is -0.383 e. The highest BCUT2D eigenvalue weighted by molar-refractivity contribution is 5.92. The number of anilines is 2. The molecule has 0 radical (unpaired) electrons. The zero-order valence-corrected chi connectivity index (χ0v) is 14.8.